The molecule has 2 atom stereocenters. The van der Waals surface area contributed by atoms with Crippen LogP contribution < -0.4 is 4.72 Å². The summed E-state index contributed by atoms with van der Waals surface area (Å²) in [7, 11) is -4.20. The second kappa shape index (κ2) is 6.08. The van der Waals surface area contributed by atoms with Crippen molar-refractivity contribution in [2.24, 2.45) is 11.3 Å². The lowest BCUT2D eigenvalue weighted by molar-refractivity contribution is -0.121. The van der Waals surface area contributed by atoms with Crippen LogP contribution in [0.5, 0.6) is 0 Å². The number of halogens is 2. The van der Waals surface area contributed by atoms with Crippen LogP contribution in [0.15, 0.2) is 40.0 Å². The number of rotatable bonds is 5. The predicted octanol–water partition coefficient (Wildman–Crippen LogP) is 2.76. The number of aromatic nitrogens is 2. The lowest BCUT2D eigenvalue weighted by Gasteiger charge is -2.19. The molecule has 7 nitrogen and oxygen atoms in total. The molecule has 144 valence electrons. The van der Waals surface area contributed by atoms with Crippen molar-refractivity contribution in [1.29, 1.82) is 0 Å². The molecular weight excluding hydrogens is 380 g/mol. The highest BCUT2D eigenvalue weighted by molar-refractivity contribution is 7.90. The van der Waals surface area contributed by atoms with Gasteiger partial charge in [-0.15, -0.1) is 10.2 Å². The van der Waals surface area contributed by atoms with Gasteiger partial charge in [0.2, 0.25) is 18.2 Å². The number of benzene rings is 1. The van der Waals surface area contributed by atoms with E-state index in [0.29, 0.717) is 24.8 Å². The van der Waals surface area contributed by atoms with Crippen LogP contribution in [0.25, 0.3) is 11.5 Å². The van der Waals surface area contributed by atoms with Crippen molar-refractivity contribution in [2.75, 3.05) is 0 Å². The summed E-state index contributed by atoms with van der Waals surface area (Å²) >= 11 is 0. The van der Waals surface area contributed by atoms with Gasteiger partial charge in [0.25, 0.3) is 15.9 Å². The topological polar surface area (TPSA) is 102 Å². The largest absolute Gasteiger partial charge is 0.423 e. The molecule has 1 heterocycles. The van der Waals surface area contributed by atoms with Crippen LogP contribution in [0, 0.1) is 11.3 Å². The van der Waals surface area contributed by atoms with Gasteiger partial charge in [-0.3, -0.25) is 4.79 Å². The third kappa shape index (κ3) is 2.91. The lowest BCUT2D eigenvalue weighted by Crippen LogP contribution is -2.33. The Bertz CT molecular complexity index is 978. The van der Waals surface area contributed by atoms with Gasteiger partial charge in [0.05, 0.1) is 10.3 Å². The van der Waals surface area contributed by atoms with E-state index in [-0.39, 0.29) is 17.2 Å². The zero-order valence-corrected chi connectivity index (χ0v) is 15.0. The molecule has 0 saturated heterocycles. The van der Waals surface area contributed by atoms with E-state index < -0.39 is 39.6 Å². The van der Waals surface area contributed by atoms with Gasteiger partial charge in [-0.1, -0.05) is 18.9 Å². The van der Waals surface area contributed by atoms with Crippen molar-refractivity contribution in [2.45, 2.75) is 42.9 Å². The minimum Gasteiger partial charge on any atom is -0.423 e. The molecule has 0 radical (unpaired) electrons. The Hall–Kier alpha value is -2.36. The average Bonchev–Trinajstić information content (AvgIpc) is 2.99. The minimum atomic E-state index is -4.20. The van der Waals surface area contributed by atoms with Gasteiger partial charge in [-0.2, -0.15) is 0 Å². The van der Waals surface area contributed by atoms with Crippen LogP contribution in [-0.2, 0) is 14.8 Å². The number of amides is 1. The number of carbonyl (C=O) groups excluding carboxylic acids is 1. The molecule has 2 aliphatic rings. The maximum Gasteiger partial charge on any atom is 0.264 e. The van der Waals surface area contributed by atoms with Gasteiger partial charge in [0.1, 0.15) is 0 Å². The molecule has 1 amide bonds. The number of hydrogen-bond donors (Lipinski definition) is 1. The third-order valence-electron chi connectivity index (χ3n) is 5.53. The second-order valence-corrected chi connectivity index (χ2v) is 8.74. The summed E-state index contributed by atoms with van der Waals surface area (Å²) in [5, 5.41) is 7.22. The van der Waals surface area contributed by atoms with E-state index in [1.165, 1.54) is 18.2 Å². The molecule has 2 fully saturated rings. The minimum absolute atomic E-state index is 0.125. The van der Waals surface area contributed by atoms with E-state index >= 15 is 0 Å². The molecule has 0 spiro atoms. The second-order valence-electron chi connectivity index (χ2n) is 7.05. The summed E-state index contributed by atoms with van der Waals surface area (Å²) in [6.07, 6.45) is 2.56. The van der Waals surface area contributed by atoms with E-state index in [2.05, 4.69) is 10.2 Å². The fourth-order valence-corrected chi connectivity index (χ4v) is 5.16. The van der Waals surface area contributed by atoms with Crippen molar-refractivity contribution >= 4 is 15.9 Å². The monoisotopic (exact) mass is 397 g/mol. The van der Waals surface area contributed by atoms with Crippen molar-refractivity contribution in [3.05, 3.63) is 30.7 Å². The zero-order valence-electron chi connectivity index (χ0n) is 14.2. The molecular formula is C17H17F2N3O4S. The van der Waals surface area contributed by atoms with Crippen LogP contribution in [0.4, 0.5) is 8.78 Å². The van der Waals surface area contributed by atoms with E-state index in [4.69, 9.17) is 4.42 Å². The highest BCUT2D eigenvalue weighted by Gasteiger charge is 2.80. The summed E-state index contributed by atoms with van der Waals surface area (Å²) in [6, 6.07) is 5.60. The first kappa shape index (κ1) is 18.0. The smallest absolute Gasteiger partial charge is 0.264 e. The fraction of sp³-hybridized carbons (Fsp3) is 0.471. The Kier molecular flexibility index (Phi) is 4.06. The highest BCUT2D eigenvalue weighted by atomic mass is 32.2. The van der Waals surface area contributed by atoms with Crippen LogP contribution in [-0.4, -0.2) is 30.4 Å². The number of hydrogen-bond acceptors (Lipinski definition) is 6. The first-order valence-electron chi connectivity index (χ1n) is 8.56. The number of nitrogens with zero attached hydrogens (tertiary/aromatic N) is 2. The number of alkyl halides is 2. The summed E-state index contributed by atoms with van der Waals surface area (Å²) < 4.78 is 60.2. The van der Waals surface area contributed by atoms with Gasteiger partial charge in [-0.25, -0.2) is 21.9 Å². The molecule has 0 bridgehead atoms. The summed E-state index contributed by atoms with van der Waals surface area (Å²) in [5.74, 6) is -4.52. The molecule has 27 heavy (non-hydrogen) atoms. The van der Waals surface area contributed by atoms with Crippen molar-refractivity contribution in [1.82, 2.24) is 14.9 Å². The van der Waals surface area contributed by atoms with Gasteiger partial charge < -0.3 is 4.42 Å². The van der Waals surface area contributed by atoms with Gasteiger partial charge >= 0.3 is 0 Å². The van der Waals surface area contributed by atoms with Gasteiger partial charge in [-0.05, 0) is 31.0 Å². The maximum atomic E-state index is 14.1. The lowest BCUT2D eigenvalue weighted by atomic mass is 9.85. The molecule has 1 aromatic heterocycles. The number of sulfonamides is 1. The van der Waals surface area contributed by atoms with E-state index in [1.54, 1.807) is 6.07 Å². The van der Waals surface area contributed by atoms with Gasteiger partial charge in [0.15, 0.2) is 0 Å². The third-order valence-corrected chi connectivity index (χ3v) is 6.90. The van der Waals surface area contributed by atoms with Crippen molar-refractivity contribution in [3.8, 4) is 11.5 Å². The van der Waals surface area contributed by atoms with Crippen LogP contribution in [0.1, 0.15) is 32.1 Å². The Labute approximate surface area is 154 Å². The van der Waals surface area contributed by atoms with E-state index in [1.807, 2.05) is 4.72 Å². The quantitative estimate of drug-likeness (QED) is 0.832. The molecule has 2 aromatic rings. The summed E-state index contributed by atoms with van der Waals surface area (Å²) in [4.78, 5) is 12.1. The van der Waals surface area contributed by atoms with Crippen LogP contribution in [0.2, 0.25) is 0 Å². The SMILES string of the molecule is O=C(CC12CCCCC1C2(F)F)NS(=O)(=O)c1cccc(-c2nnco2)c1. The van der Waals surface area contributed by atoms with Crippen molar-refractivity contribution in [3.63, 3.8) is 0 Å². The molecule has 10 heteroatoms. The summed E-state index contributed by atoms with van der Waals surface area (Å²) in [6.45, 7) is 0. The van der Waals surface area contributed by atoms with Crippen LogP contribution >= 0.6 is 0 Å². The molecule has 2 unspecified atom stereocenters. The molecule has 1 aromatic carbocycles. The Morgan fingerprint density at radius 3 is 2.85 bits per heavy atom. The molecule has 0 aliphatic heterocycles. The van der Waals surface area contributed by atoms with E-state index in [9.17, 15) is 22.0 Å². The van der Waals surface area contributed by atoms with Crippen molar-refractivity contribution < 1.29 is 26.4 Å². The Morgan fingerprint density at radius 2 is 2.15 bits per heavy atom. The zero-order chi connectivity index (χ0) is 19.3. The number of carbonyl (C=O) groups is 1. The molecule has 2 saturated carbocycles. The first-order valence-corrected chi connectivity index (χ1v) is 10.0. The molecule has 1 N–H and O–H groups in total. The van der Waals surface area contributed by atoms with Gasteiger partial charge in [0, 0.05) is 17.9 Å². The Balaban J connectivity index is 1.51. The Morgan fingerprint density at radius 1 is 1.33 bits per heavy atom. The van der Waals surface area contributed by atoms with E-state index in [0.717, 1.165) is 6.39 Å². The molecule has 2 aliphatic carbocycles. The predicted molar refractivity (Wildman–Crippen MR) is 89.0 cm³/mol. The fourth-order valence-electron chi connectivity index (χ4n) is 4.13. The average molecular weight is 397 g/mol. The highest BCUT2D eigenvalue weighted by Crippen LogP contribution is 2.73. The maximum absolute atomic E-state index is 14.1. The number of fused-ring (bicyclic) bond motifs is 1. The normalized spacial score (nSPS) is 26.2. The first-order chi connectivity index (χ1) is 12.8. The molecule has 4 rings (SSSR count). The van der Waals surface area contributed by atoms with Crippen LogP contribution in [0.3, 0.4) is 0 Å². The summed E-state index contributed by atoms with van der Waals surface area (Å²) in [5.41, 5.74) is -1.03. The standard InChI is InChI=1S/C17H17F2N3O4S/c18-17(19)13-6-1-2-7-16(13,17)9-14(23)22-27(24,25)12-5-3-4-11(8-12)15-21-20-10-26-15/h3-5,8,10,13H,1-2,6-7,9H2,(H,22,23). The number of nitrogens with one attached hydrogen (secondary N) is 1.